The lowest BCUT2D eigenvalue weighted by molar-refractivity contribution is 0.419. The van der Waals surface area contributed by atoms with Crippen LogP contribution in [-0.2, 0) is 0 Å². The highest BCUT2D eigenvalue weighted by Gasteiger charge is 2.03. The van der Waals surface area contributed by atoms with Crippen molar-refractivity contribution in [2.75, 3.05) is 12.8 Å². The maximum absolute atomic E-state index is 5.71. The van der Waals surface area contributed by atoms with Gasteiger partial charge in [0.2, 0.25) is 0 Å². The number of nitrogens with one attached hydrogen (secondary N) is 1. The second-order valence-electron chi connectivity index (χ2n) is 2.63. The number of para-hydroxylation sites is 1. The van der Waals surface area contributed by atoms with Gasteiger partial charge in [0.25, 0.3) is 0 Å². The third-order valence-electron chi connectivity index (χ3n) is 1.93. The number of hydrogen-bond donors (Lipinski definition) is 2. The van der Waals surface area contributed by atoms with Crippen molar-refractivity contribution < 1.29 is 4.74 Å². The summed E-state index contributed by atoms with van der Waals surface area (Å²) in [4.78, 5) is 3.06. The minimum absolute atomic E-state index is 0.754. The van der Waals surface area contributed by atoms with Gasteiger partial charge in [-0.25, -0.2) is 0 Å². The number of aromatic nitrogens is 1. The van der Waals surface area contributed by atoms with Gasteiger partial charge in [-0.1, -0.05) is 12.1 Å². The molecule has 0 amide bonds. The molecule has 0 radical (unpaired) electrons. The predicted octanol–water partition coefficient (Wildman–Crippen LogP) is 1.76. The second-order valence-corrected chi connectivity index (χ2v) is 2.63. The number of nitrogen functional groups attached to an aromatic ring is 1. The van der Waals surface area contributed by atoms with Gasteiger partial charge < -0.3 is 15.5 Å². The van der Waals surface area contributed by atoms with Crippen LogP contribution in [0.1, 0.15) is 0 Å². The van der Waals surface area contributed by atoms with Crippen LogP contribution in [0.3, 0.4) is 0 Å². The van der Waals surface area contributed by atoms with E-state index in [0.29, 0.717) is 0 Å². The van der Waals surface area contributed by atoms with E-state index in [-0.39, 0.29) is 0 Å². The standard InChI is InChI=1S/C9H10N2O/c1-12-8-4-2-3-6-7(10)5-11-9(6)8/h2-5,11H,10H2,1H3. The molecular weight excluding hydrogens is 152 g/mol. The molecule has 62 valence electrons. The van der Waals surface area contributed by atoms with E-state index in [1.165, 1.54) is 0 Å². The summed E-state index contributed by atoms with van der Waals surface area (Å²) in [7, 11) is 1.64. The fourth-order valence-corrected chi connectivity index (χ4v) is 1.32. The summed E-state index contributed by atoms with van der Waals surface area (Å²) >= 11 is 0. The first kappa shape index (κ1) is 7.03. The Labute approximate surface area is 70.1 Å². The molecule has 2 rings (SSSR count). The van der Waals surface area contributed by atoms with Crippen LogP contribution in [0, 0.1) is 0 Å². The molecule has 0 atom stereocenters. The fraction of sp³-hybridized carbons (Fsp3) is 0.111. The summed E-state index contributed by atoms with van der Waals surface area (Å²) in [5, 5.41) is 1.01. The maximum Gasteiger partial charge on any atom is 0.142 e. The van der Waals surface area contributed by atoms with Crippen LogP contribution < -0.4 is 10.5 Å². The van der Waals surface area contributed by atoms with Gasteiger partial charge in [0.15, 0.2) is 0 Å². The minimum Gasteiger partial charge on any atom is -0.495 e. The Hall–Kier alpha value is -1.64. The van der Waals surface area contributed by atoms with Gasteiger partial charge >= 0.3 is 0 Å². The Balaban J connectivity index is 2.81. The van der Waals surface area contributed by atoms with Gasteiger partial charge in [0.1, 0.15) is 5.75 Å². The number of aromatic amines is 1. The topological polar surface area (TPSA) is 51.0 Å². The zero-order valence-electron chi connectivity index (χ0n) is 6.79. The molecule has 0 aliphatic heterocycles. The Morgan fingerprint density at radius 1 is 1.42 bits per heavy atom. The van der Waals surface area contributed by atoms with E-state index in [2.05, 4.69) is 4.98 Å². The first-order valence-electron chi connectivity index (χ1n) is 3.72. The zero-order valence-corrected chi connectivity index (χ0v) is 6.79. The van der Waals surface area contributed by atoms with Crippen LogP contribution in [0.4, 0.5) is 5.69 Å². The normalized spacial score (nSPS) is 10.4. The van der Waals surface area contributed by atoms with Crippen LogP contribution in [-0.4, -0.2) is 12.1 Å². The number of anilines is 1. The monoisotopic (exact) mass is 162 g/mol. The Morgan fingerprint density at radius 3 is 3.00 bits per heavy atom. The van der Waals surface area contributed by atoms with Crippen LogP contribution in [0.5, 0.6) is 5.75 Å². The number of nitrogens with two attached hydrogens (primary N) is 1. The lowest BCUT2D eigenvalue weighted by atomic mass is 10.2. The smallest absolute Gasteiger partial charge is 0.142 e. The summed E-state index contributed by atoms with van der Waals surface area (Å²) in [5.74, 6) is 0.823. The first-order chi connectivity index (χ1) is 5.83. The highest BCUT2D eigenvalue weighted by molar-refractivity contribution is 5.94. The molecule has 0 spiro atoms. The number of methoxy groups -OCH3 is 1. The quantitative estimate of drug-likeness (QED) is 0.671. The fourth-order valence-electron chi connectivity index (χ4n) is 1.32. The van der Waals surface area contributed by atoms with E-state index >= 15 is 0 Å². The largest absolute Gasteiger partial charge is 0.495 e. The van der Waals surface area contributed by atoms with Gasteiger partial charge in [-0.05, 0) is 6.07 Å². The minimum atomic E-state index is 0.754. The predicted molar refractivity (Wildman–Crippen MR) is 49.3 cm³/mol. The molecule has 0 bridgehead atoms. The van der Waals surface area contributed by atoms with Crippen molar-refractivity contribution in [3.05, 3.63) is 24.4 Å². The Morgan fingerprint density at radius 2 is 2.25 bits per heavy atom. The molecule has 0 aliphatic rings. The molecule has 1 heterocycles. The van der Waals surface area contributed by atoms with Gasteiger partial charge in [0, 0.05) is 11.6 Å². The molecule has 0 saturated carbocycles. The highest BCUT2D eigenvalue weighted by atomic mass is 16.5. The van der Waals surface area contributed by atoms with Crippen LogP contribution >= 0.6 is 0 Å². The van der Waals surface area contributed by atoms with Crippen molar-refractivity contribution in [3.8, 4) is 5.75 Å². The molecular formula is C9H10N2O. The summed E-state index contributed by atoms with van der Waals surface area (Å²) < 4.78 is 5.15. The van der Waals surface area contributed by atoms with Crippen molar-refractivity contribution in [3.63, 3.8) is 0 Å². The average Bonchev–Trinajstić information content (AvgIpc) is 2.48. The van der Waals surface area contributed by atoms with E-state index in [0.717, 1.165) is 22.3 Å². The van der Waals surface area contributed by atoms with Crippen molar-refractivity contribution >= 4 is 16.6 Å². The molecule has 1 aromatic heterocycles. The molecule has 1 aromatic carbocycles. The zero-order chi connectivity index (χ0) is 8.55. The van der Waals surface area contributed by atoms with E-state index in [4.69, 9.17) is 10.5 Å². The highest BCUT2D eigenvalue weighted by Crippen LogP contribution is 2.27. The lowest BCUT2D eigenvalue weighted by Gasteiger charge is -1.99. The molecule has 0 saturated heterocycles. The third-order valence-corrected chi connectivity index (χ3v) is 1.93. The van der Waals surface area contributed by atoms with E-state index < -0.39 is 0 Å². The molecule has 3 N–H and O–H groups in total. The van der Waals surface area contributed by atoms with E-state index in [9.17, 15) is 0 Å². The van der Waals surface area contributed by atoms with Gasteiger partial charge in [-0.15, -0.1) is 0 Å². The van der Waals surface area contributed by atoms with Crippen molar-refractivity contribution in [1.29, 1.82) is 0 Å². The van der Waals surface area contributed by atoms with Gasteiger partial charge in [0.05, 0.1) is 18.3 Å². The number of benzene rings is 1. The summed E-state index contributed by atoms with van der Waals surface area (Å²) in [6.07, 6.45) is 1.77. The lowest BCUT2D eigenvalue weighted by Crippen LogP contribution is -1.84. The SMILES string of the molecule is COc1cccc2c(N)c[nH]c12. The molecule has 0 fully saturated rings. The number of ether oxygens (including phenoxy) is 1. The Bertz CT molecular complexity index is 406. The molecule has 0 unspecified atom stereocenters. The average molecular weight is 162 g/mol. The van der Waals surface area contributed by atoms with Crippen LogP contribution in [0.2, 0.25) is 0 Å². The molecule has 3 nitrogen and oxygen atoms in total. The number of fused-ring (bicyclic) bond motifs is 1. The second kappa shape index (κ2) is 2.44. The van der Waals surface area contributed by atoms with Crippen LogP contribution in [0.15, 0.2) is 24.4 Å². The number of H-pyrrole nitrogens is 1. The van der Waals surface area contributed by atoms with E-state index in [1.807, 2.05) is 18.2 Å². The van der Waals surface area contributed by atoms with Gasteiger partial charge in [-0.3, -0.25) is 0 Å². The van der Waals surface area contributed by atoms with Crippen LogP contribution in [0.25, 0.3) is 10.9 Å². The first-order valence-corrected chi connectivity index (χ1v) is 3.72. The number of hydrogen-bond acceptors (Lipinski definition) is 2. The van der Waals surface area contributed by atoms with Crippen molar-refractivity contribution in [2.24, 2.45) is 0 Å². The summed E-state index contributed by atoms with van der Waals surface area (Å²) in [6.45, 7) is 0. The summed E-state index contributed by atoms with van der Waals surface area (Å²) in [5.41, 5.74) is 7.42. The third kappa shape index (κ3) is 0.830. The molecule has 12 heavy (non-hydrogen) atoms. The number of rotatable bonds is 1. The molecule has 0 aliphatic carbocycles. The molecule has 2 aromatic rings. The van der Waals surface area contributed by atoms with Crippen molar-refractivity contribution in [2.45, 2.75) is 0 Å². The van der Waals surface area contributed by atoms with Crippen molar-refractivity contribution in [1.82, 2.24) is 4.98 Å². The summed E-state index contributed by atoms with van der Waals surface area (Å²) in [6, 6.07) is 5.79. The van der Waals surface area contributed by atoms with E-state index in [1.54, 1.807) is 13.3 Å². The maximum atomic E-state index is 5.71. The Kier molecular flexibility index (Phi) is 1.43. The molecule has 3 heteroatoms. The van der Waals surface area contributed by atoms with Gasteiger partial charge in [-0.2, -0.15) is 0 Å².